The fraction of sp³-hybridized carbons (Fsp3) is 0.833. The van der Waals surface area contributed by atoms with E-state index < -0.39 is 0 Å². The normalized spacial score (nSPS) is 27.4. The van der Waals surface area contributed by atoms with Crippen molar-refractivity contribution in [1.29, 1.82) is 0 Å². The first-order valence-corrected chi connectivity index (χ1v) is 6.22. The van der Waals surface area contributed by atoms with Gasteiger partial charge in [0.1, 0.15) is 0 Å². The molecule has 0 aromatic carbocycles. The van der Waals surface area contributed by atoms with Crippen LogP contribution in [0.15, 0.2) is 11.8 Å². The van der Waals surface area contributed by atoms with Gasteiger partial charge in [-0.1, -0.05) is 0 Å². The van der Waals surface area contributed by atoms with Crippen molar-refractivity contribution >= 4 is 7.12 Å². The number of hydrogen-bond acceptors (Lipinski definition) is 4. The van der Waals surface area contributed by atoms with E-state index in [2.05, 4.69) is 57.8 Å². The summed E-state index contributed by atoms with van der Waals surface area (Å²) in [6.07, 6.45) is 2.12. The van der Waals surface area contributed by atoms with Crippen LogP contribution in [0.1, 0.15) is 27.7 Å². The van der Waals surface area contributed by atoms with Crippen LogP contribution in [0.25, 0.3) is 0 Å². The molecule has 0 unspecified atom stereocenters. The van der Waals surface area contributed by atoms with Crippen molar-refractivity contribution in [2.45, 2.75) is 38.9 Å². The predicted octanol–water partition coefficient (Wildman–Crippen LogP) is 1.34. The molecule has 0 amide bonds. The minimum Gasteiger partial charge on any atom is -0.398 e. The molecule has 2 aliphatic rings. The Labute approximate surface area is 105 Å². The van der Waals surface area contributed by atoms with Gasteiger partial charge in [0.25, 0.3) is 0 Å². The van der Waals surface area contributed by atoms with E-state index in [0.29, 0.717) is 0 Å². The van der Waals surface area contributed by atoms with Crippen LogP contribution in [-0.4, -0.2) is 55.3 Å². The standard InChI is InChI=1S/C12H23BN2O2/c1-11(2)12(3,4)17-13(16-11)10-9-14(5)7-8-15(10)6/h9H,7-8H2,1-6H3. The molecule has 0 atom stereocenters. The number of rotatable bonds is 1. The third-order valence-corrected chi connectivity index (χ3v) is 4.08. The highest BCUT2D eigenvalue weighted by Gasteiger charge is 2.53. The lowest BCUT2D eigenvalue weighted by Crippen LogP contribution is -2.41. The summed E-state index contributed by atoms with van der Waals surface area (Å²) in [5.74, 6) is 0. The van der Waals surface area contributed by atoms with Crippen LogP contribution in [0.4, 0.5) is 0 Å². The molecule has 2 heterocycles. The molecular weight excluding hydrogens is 215 g/mol. The van der Waals surface area contributed by atoms with Crippen LogP contribution < -0.4 is 0 Å². The fourth-order valence-corrected chi connectivity index (χ4v) is 2.03. The molecule has 17 heavy (non-hydrogen) atoms. The first kappa shape index (κ1) is 12.8. The van der Waals surface area contributed by atoms with Gasteiger partial charge in [-0.3, -0.25) is 0 Å². The van der Waals surface area contributed by atoms with Gasteiger partial charge in [0.05, 0.1) is 16.8 Å². The van der Waals surface area contributed by atoms with E-state index in [0.717, 1.165) is 18.7 Å². The van der Waals surface area contributed by atoms with Crippen molar-refractivity contribution in [3.63, 3.8) is 0 Å². The van der Waals surface area contributed by atoms with E-state index in [9.17, 15) is 0 Å². The van der Waals surface area contributed by atoms with E-state index in [1.165, 1.54) is 0 Å². The summed E-state index contributed by atoms with van der Waals surface area (Å²) >= 11 is 0. The summed E-state index contributed by atoms with van der Waals surface area (Å²) in [4.78, 5) is 4.39. The highest BCUT2D eigenvalue weighted by molar-refractivity contribution is 6.54. The minimum atomic E-state index is -0.268. The Morgan fingerprint density at radius 1 is 1.06 bits per heavy atom. The zero-order valence-electron chi connectivity index (χ0n) is 11.8. The van der Waals surface area contributed by atoms with Crippen molar-refractivity contribution < 1.29 is 9.31 Å². The molecule has 0 aromatic heterocycles. The molecule has 0 aliphatic carbocycles. The average molecular weight is 238 g/mol. The van der Waals surface area contributed by atoms with E-state index in [4.69, 9.17) is 9.31 Å². The largest absolute Gasteiger partial charge is 0.513 e. The van der Waals surface area contributed by atoms with Crippen LogP contribution >= 0.6 is 0 Å². The zero-order chi connectivity index (χ0) is 12.8. The van der Waals surface area contributed by atoms with Crippen molar-refractivity contribution in [2.75, 3.05) is 27.2 Å². The topological polar surface area (TPSA) is 24.9 Å². The van der Waals surface area contributed by atoms with Gasteiger partial charge in [0.2, 0.25) is 0 Å². The van der Waals surface area contributed by atoms with Crippen LogP contribution in [0.3, 0.4) is 0 Å². The van der Waals surface area contributed by atoms with Crippen LogP contribution in [0, 0.1) is 0 Å². The SMILES string of the molecule is CN1C=C(B2OC(C)(C)C(C)(C)O2)N(C)CC1. The second-order valence-corrected chi connectivity index (χ2v) is 6.04. The molecule has 0 aromatic rings. The van der Waals surface area contributed by atoms with Gasteiger partial charge >= 0.3 is 7.12 Å². The molecule has 0 saturated carbocycles. The second kappa shape index (κ2) is 3.92. The Morgan fingerprint density at radius 2 is 1.59 bits per heavy atom. The quantitative estimate of drug-likeness (QED) is 0.643. The fourth-order valence-electron chi connectivity index (χ4n) is 2.03. The van der Waals surface area contributed by atoms with Crippen molar-refractivity contribution in [1.82, 2.24) is 9.80 Å². The molecule has 96 valence electrons. The van der Waals surface area contributed by atoms with Gasteiger partial charge in [0.15, 0.2) is 0 Å². The number of likely N-dealkylation sites (N-methyl/N-ethyl adjacent to an activating group) is 2. The third kappa shape index (κ3) is 2.18. The molecule has 0 bridgehead atoms. The summed E-state index contributed by atoms with van der Waals surface area (Å²) < 4.78 is 12.1. The van der Waals surface area contributed by atoms with Gasteiger partial charge in [-0.15, -0.1) is 0 Å². The predicted molar refractivity (Wildman–Crippen MR) is 69.4 cm³/mol. The van der Waals surface area contributed by atoms with Crippen LogP contribution in [0.2, 0.25) is 0 Å². The van der Waals surface area contributed by atoms with Gasteiger partial charge in [0, 0.05) is 33.4 Å². The van der Waals surface area contributed by atoms with E-state index in [1.54, 1.807) is 0 Å². The highest BCUT2D eigenvalue weighted by atomic mass is 16.7. The third-order valence-electron chi connectivity index (χ3n) is 4.08. The Balaban J connectivity index is 2.20. The number of nitrogens with zero attached hydrogens (tertiary/aromatic N) is 2. The first-order valence-electron chi connectivity index (χ1n) is 6.22. The minimum absolute atomic E-state index is 0.257. The maximum absolute atomic E-state index is 6.06. The molecule has 1 saturated heterocycles. The lowest BCUT2D eigenvalue weighted by atomic mass is 9.83. The maximum Gasteiger partial charge on any atom is 0.513 e. The van der Waals surface area contributed by atoms with Crippen LogP contribution in [-0.2, 0) is 9.31 Å². The molecule has 2 aliphatic heterocycles. The van der Waals surface area contributed by atoms with E-state index in [-0.39, 0.29) is 18.3 Å². The Hall–Kier alpha value is -0.675. The molecule has 2 rings (SSSR count). The van der Waals surface area contributed by atoms with Crippen molar-refractivity contribution in [3.8, 4) is 0 Å². The Bertz CT molecular complexity index is 325. The van der Waals surface area contributed by atoms with Crippen molar-refractivity contribution in [2.24, 2.45) is 0 Å². The summed E-state index contributed by atoms with van der Waals surface area (Å²) in [5.41, 5.74) is 0.572. The molecule has 0 N–H and O–H groups in total. The summed E-state index contributed by atoms with van der Waals surface area (Å²) in [7, 11) is 3.91. The molecule has 0 spiro atoms. The molecule has 4 nitrogen and oxygen atoms in total. The maximum atomic E-state index is 6.06. The molecule has 5 heteroatoms. The van der Waals surface area contributed by atoms with Gasteiger partial charge < -0.3 is 19.1 Å². The smallest absolute Gasteiger partial charge is 0.398 e. The summed E-state index contributed by atoms with van der Waals surface area (Å²) in [6.45, 7) is 10.4. The van der Waals surface area contributed by atoms with Gasteiger partial charge in [-0.2, -0.15) is 0 Å². The Morgan fingerprint density at radius 3 is 2.12 bits per heavy atom. The Kier molecular flexibility index (Phi) is 2.95. The van der Waals surface area contributed by atoms with E-state index >= 15 is 0 Å². The first-order chi connectivity index (χ1) is 7.73. The van der Waals surface area contributed by atoms with Crippen LogP contribution in [0.5, 0.6) is 0 Å². The molecule has 0 radical (unpaired) electrons. The lowest BCUT2D eigenvalue weighted by molar-refractivity contribution is 0.00578. The van der Waals surface area contributed by atoms with E-state index in [1.807, 2.05) is 0 Å². The average Bonchev–Trinajstić information content (AvgIpc) is 2.40. The van der Waals surface area contributed by atoms with Gasteiger partial charge in [-0.25, -0.2) is 0 Å². The second-order valence-electron chi connectivity index (χ2n) is 6.04. The number of hydrogen-bond donors (Lipinski definition) is 0. The monoisotopic (exact) mass is 238 g/mol. The summed E-state index contributed by atoms with van der Waals surface area (Å²) in [6, 6.07) is 0. The highest BCUT2D eigenvalue weighted by Crippen LogP contribution is 2.39. The lowest BCUT2D eigenvalue weighted by Gasteiger charge is -2.32. The van der Waals surface area contributed by atoms with Crippen molar-refractivity contribution in [3.05, 3.63) is 11.8 Å². The molecular formula is C12H23BN2O2. The molecule has 1 fully saturated rings. The zero-order valence-corrected chi connectivity index (χ0v) is 11.8. The summed E-state index contributed by atoms with van der Waals surface area (Å²) in [5, 5.41) is 0. The van der Waals surface area contributed by atoms with Gasteiger partial charge in [-0.05, 0) is 27.7 Å².